The van der Waals surface area contributed by atoms with Gasteiger partial charge in [0.2, 0.25) is 5.95 Å². The van der Waals surface area contributed by atoms with E-state index in [1.54, 1.807) is 36.1 Å². The van der Waals surface area contributed by atoms with Crippen LogP contribution >= 0.6 is 0 Å². The van der Waals surface area contributed by atoms with Crippen LogP contribution in [0.25, 0.3) is 11.3 Å². The SMILES string of the molecule is CNC(=O)c1cc(Nc2nccc(-c3cc(C#N)c4c(c3)[C@@](C)(CO)CN4)n2)n(CC(C)C)n1. The van der Waals surface area contributed by atoms with Crippen LogP contribution in [0.5, 0.6) is 0 Å². The quantitative estimate of drug-likeness (QED) is 0.422. The summed E-state index contributed by atoms with van der Waals surface area (Å²) in [7, 11) is 1.56. The van der Waals surface area contributed by atoms with E-state index in [2.05, 4.69) is 50.9 Å². The number of aromatic nitrogens is 4. The smallest absolute Gasteiger partial charge is 0.271 e. The second-order valence-corrected chi connectivity index (χ2v) is 9.09. The molecule has 2 aromatic heterocycles. The Bertz CT molecular complexity index is 1280. The zero-order valence-corrected chi connectivity index (χ0v) is 19.7. The van der Waals surface area contributed by atoms with E-state index in [0.29, 0.717) is 47.7 Å². The van der Waals surface area contributed by atoms with E-state index >= 15 is 0 Å². The number of anilines is 3. The zero-order chi connectivity index (χ0) is 24.5. The van der Waals surface area contributed by atoms with Crippen molar-refractivity contribution >= 4 is 23.4 Å². The number of amides is 1. The fourth-order valence-electron chi connectivity index (χ4n) is 4.00. The van der Waals surface area contributed by atoms with Crippen molar-refractivity contribution in [3.63, 3.8) is 0 Å². The molecule has 4 rings (SSSR count). The van der Waals surface area contributed by atoms with Crippen LogP contribution in [0.3, 0.4) is 0 Å². The minimum absolute atomic E-state index is 0.0363. The predicted octanol–water partition coefficient (Wildman–Crippen LogP) is 2.65. The third-order valence-electron chi connectivity index (χ3n) is 5.88. The van der Waals surface area contributed by atoms with E-state index in [1.807, 2.05) is 13.0 Å². The Kier molecular flexibility index (Phi) is 6.22. The van der Waals surface area contributed by atoms with Gasteiger partial charge in [-0.25, -0.2) is 14.6 Å². The summed E-state index contributed by atoms with van der Waals surface area (Å²) >= 11 is 0. The molecule has 1 aliphatic rings. The lowest BCUT2D eigenvalue weighted by Gasteiger charge is -2.21. The lowest BCUT2D eigenvalue weighted by Crippen LogP contribution is -2.28. The highest BCUT2D eigenvalue weighted by atomic mass is 16.3. The lowest BCUT2D eigenvalue weighted by atomic mass is 9.83. The number of hydrogen-bond acceptors (Lipinski definition) is 8. The number of fused-ring (bicyclic) bond motifs is 1. The maximum Gasteiger partial charge on any atom is 0.271 e. The first kappa shape index (κ1) is 23.2. The maximum absolute atomic E-state index is 12.1. The average Bonchev–Trinajstić information content (AvgIpc) is 3.39. The summed E-state index contributed by atoms with van der Waals surface area (Å²) in [6.07, 6.45) is 1.64. The average molecular weight is 461 g/mol. The monoisotopic (exact) mass is 460 g/mol. The van der Waals surface area contributed by atoms with Gasteiger partial charge in [0.05, 0.1) is 23.6 Å². The second-order valence-electron chi connectivity index (χ2n) is 9.09. The third kappa shape index (κ3) is 4.30. The van der Waals surface area contributed by atoms with Crippen LogP contribution in [-0.4, -0.2) is 51.0 Å². The summed E-state index contributed by atoms with van der Waals surface area (Å²) in [4.78, 5) is 21.1. The molecule has 0 fully saturated rings. The van der Waals surface area contributed by atoms with Crippen LogP contribution in [0.15, 0.2) is 30.5 Å². The number of hydrogen-bond donors (Lipinski definition) is 4. The molecule has 0 saturated heterocycles. The van der Waals surface area contributed by atoms with Gasteiger partial charge in [-0.1, -0.05) is 20.8 Å². The molecule has 34 heavy (non-hydrogen) atoms. The van der Waals surface area contributed by atoms with E-state index in [4.69, 9.17) is 0 Å². The summed E-state index contributed by atoms with van der Waals surface area (Å²) in [5, 5.41) is 33.1. The van der Waals surface area contributed by atoms with Crippen molar-refractivity contribution in [3.8, 4) is 17.3 Å². The summed E-state index contributed by atoms with van der Waals surface area (Å²) < 4.78 is 1.73. The first-order valence-corrected chi connectivity index (χ1v) is 11.1. The maximum atomic E-state index is 12.1. The molecule has 176 valence electrons. The highest BCUT2D eigenvalue weighted by molar-refractivity contribution is 5.93. The molecular formula is C24H28N8O2. The minimum atomic E-state index is -0.481. The molecule has 3 heterocycles. The molecule has 10 nitrogen and oxygen atoms in total. The van der Waals surface area contributed by atoms with Gasteiger partial charge >= 0.3 is 0 Å². The van der Waals surface area contributed by atoms with Crippen molar-refractivity contribution in [3.05, 3.63) is 47.3 Å². The van der Waals surface area contributed by atoms with Crippen LogP contribution in [0.4, 0.5) is 17.5 Å². The molecular weight excluding hydrogens is 432 g/mol. The molecule has 3 aromatic rings. The normalized spacial score (nSPS) is 16.6. The van der Waals surface area contributed by atoms with Gasteiger partial charge in [-0.3, -0.25) is 4.79 Å². The van der Waals surface area contributed by atoms with Gasteiger partial charge in [0.15, 0.2) is 5.69 Å². The lowest BCUT2D eigenvalue weighted by molar-refractivity contribution is 0.0957. The highest BCUT2D eigenvalue weighted by Gasteiger charge is 2.36. The topological polar surface area (TPSA) is 141 Å². The summed E-state index contributed by atoms with van der Waals surface area (Å²) in [6, 6.07) is 9.43. The Hall–Kier alpha value is -3.97. The van der Waals surface area contributed by atoms with Gasteiger partial charge < -0.3 is 21.1 Å². The van der Waals surface area contributed by atoms with Gasteiger partial charge in [0.1, 0.15) is 11.9 Å². The van der Waals surface area contributed by atoms with Gasteiger partial charge in [-0.2, -0.15) is 10.4 Å². The number of nitriles is 1. The van der Waals surface area contributed by atoms with E-state index in [1.165, 1.54) is 0 Å². The van der Waals surface area contributed by atoms with E-state index in [0.717, 1.165) is 16.8 Å². The number of benzene rings is 1. The van der Waals surface area contributed by atoms with Crippen molar-refractivity contribution in [2.45, 2.75) is 32.7 Å². The van der Waals surface area contributed by atoms with Crippen molar-refractivity contribution < 1.29 is 9.90 Å². The fourth-order valence-corrected chi connectivity index (χ4v) is 4.00. The zero-order valence-electron chi connectivity index (χ0n) is 19.7. The van der Waals surface area contributed by atoms with Crippen molar-refractivity contribution in [2.24, 2.45) is 5.92 Å². The van der Waals surface area contributed by atoms with E-state index in [9.17, 15) is 15.2 Å². The highest BCUT2D eigenvalue weighted by Crippen LogP contribution is 2.41. The van der Waals surface area contributed by atoms with Gasteiger partial charge in [-0.15, -0.1) is 0 Å². The summed E-state index contributed by atoms with van der Waals surface area (Å²) in [6.45, 7) is 7.23. The molecule has 0 saturated carbocycles. The van der Waals surface area contributed by atoms with E-state index < -0.39 is 5.41 Å². The third-order valence-corrected chi connectivity index (χ3v) is 5.88. The molecule has 0 spiro atoms. The number of rotatable bonds is 7. The molecule has 1 aromatic carbocycles. The van der Waals surface area contributed by atoms with Crippen molar-refractivity contribution in [2.75, 3.05) is 30.8 Å². The van der Waals surface area contributed by atoms with Crippen LogP contribution in [0.2, 0.25) is 0 Å². The number of aliphatic hydroxyl groups is 1. The van der Waals surface area contributed by atoms with Crippen LogP contribution < -0.4 is 16.0 Å². The number of carbonyl (C=O) groups is 1. The number of aliphatic hydroxyl groups excluding tert-OH is 1. The first-order valence-electron chi connectivity index (χ1n) is 11.1. The van der Waals surface area contributed by atoms with Crippen LogP contribution in [0.1, 0.15) is 42.4 Å². The molecule has 0 radical (unpaired) electrons. The standard InChI is InChI=1S/C24H28N8O2/c1-14(2)11-32-20(9-19(31-32)22(34)26-4)30-23-27-6-5-18(29-23)15-7-16(10-25)21-17(8-15)24(3,13-33)12-28-21/h5-9,14,28,33H,11-13H2,1-4H3,(H,26,34)(H,27,29,30)/t24-/m1/s1. The molecule has 0 aliphatic carbocycles. The Morgan fingerprint density at radius 1 is 1.38 bits per heavy atom. The molecule has 4 N–H and O–H groups in total. The number of nitrogens with one attached hydrogen (secondary N) is 3. The van der Waals surface area contributed by atoms with Crippen LogP contribution in [-0.2, 0) is 12.0 Å². The van der Waals surface area contributed by atoms with E-state index in [-0.39, 0.29) is 12.5 Å². The number of nitrogens with zero attached hydrogens (tertiary/aromatic N) is 5. The van der Waals surface area contributed by atoms with Gasteiger partial charge in [0.25, 0.3) is 5.91 Å². The Balaban J connectivity index is 1.71. The Morgan fingerprint density at radius 2 is 2.18 bits per heavy atom. The molecule has 10 heteroatoms. The first-order chi connectivity index (χ1) is 16.3. The van der Waals surface area contributed by atoms with Crippen LogP contribution in [0, 0.1) is 17.2 Å². The summed E-state index contributed by atoms with van der Waals surface area (Å²) in [5.41, 5.74) is 3.36. The molecule has 1 atom stereocenters. The second kappa shape index (κ2) is 9.11. The van der Waals surface area contributed by atoms with Crippen molar-refractivity contribution in [1.82, 2.24) is 25.1 Å². The molecule has 1 amide bonds. The predicted molar refractivity (Wildman–Crippen MR) is 129 cm³/mol. The molecule has 0 unspecified atom stereocenters. The summed E-state index contributed by atoms with van der Waals surface area (Å²) in [5.74, 6) is 0.986. The fraction of sp³-hybridized carbons (Fsp3) is 0.375. The van der Waals surface area contributed by atoms with Gasteiger partial charge in [-0.05, 0) is 29.7 Å². The Labute approximate surface area is 198 Å². The largest absolute Gasteiger partial charge is 0.395 e. The molecule has 1 aliphatic heterocycles. The Morgan fingerprint density at radius 3 is 2.85 bits per heavy atom. The number of carbonyl (C=O) groups excluding carboxylic acids is 1. The minimum Gasteiger partial charge on any atom is -0.395 e. The van der Waals surface area contributed by atoms with Crippen molar-refractivity contribution in [1.29, 1.82) is 5.26 Å². The molecule has 0 bridgehead atoms. The van der Waals surface area contributed by atoms with Gasteiger partial charge in [0, 0.05) is 43.4 Å².